The van der Waals surface area contributed by atoms with Gasteiger partial charge in [0.05, 0.1) is 5.02 Å². The molecule has 1 aromatic carbocycles. The molecule has 1 nitrogen and oxygen atoms in total. The Bertz CT molecular complexity index is 289. The Hall–Kier alpha value is -0.0100. The first kappa shape index (κ1) is 10.1. The van der Waals surface area contributed by atoms with Crippen LogP contribution in [0.2, 0.25) is 5.02 Å². The van der Waals surface area contributed by atoms with Gasteiger partial charge in [0, 0.05) is 16.4 Å². The number of halogens is 2. The fraction of sp³-hybridized carbons (Fsp3) is 0.667. The molecule has 0 spiro atoms. The molecule has 0 heterocycles. The summed E-state index contributed by atoms with van der Waals surface area (Å²) in [5, 5.41) is 0.399. The second-order valence-corrected chi connectivity index (χ2v) is 4.93. The third-order valence-corrected chi connectivity index (χ3v) is 2.84. The van der Waals surface area contributed by atoms with Crippen LogP contribution in [0.5, 0.6) is 0 Å². The van der Waals surface area contributed by atoms with Gasteiger partial charge in [-0.2, -0.15) is 0 Å². The molecule has 0 radical (unpaired) electrons. The normalized spacial score (nSPS) is 15.4. The van der Waals surface area contributed by atoms with Crippen LogP contribution in [0.15, 0.2) is 4.79 Å². The molecule has 0 amide bonds. The van der Waals surface area contributed by atoms with E-state index in [9.17, 15) is 4.79 Å². The van der Waals surface area contributed by atoms with E-state index in [1.807, 2.05) is 20.8 Å². The van der Waals surface area contributed by atoms with E-state index in [0.29, 0.717) is 5.02 Å². The number of rotatable bonds is 3. The minimum absolute atomic E-state index is 0.00255. The highest BCUT2D eigenvalue weighted by atomic mass is 35.5. The molecule has 1 aromatic rings. The molecule has 0 aliphatic rings. The van der Waals surface area contributed by atoms with Crippen molar-refractivity contribution in [3.8, 4) is 0 Å². The second kappa shape index (κ2) is 3.04. The van der Waals surface area contributed by atoms with Gasteiger partial charge in [-0.15, -0.1) is 11.6 Å². The molecule has 0 saturated heterocycles. The van der Waals surface area contributed by atoms with Crippen molar-refractivity contribution in [3.05, 3.63) is 20.8 Å². The van der Waals surface area contributed by atoms with E-state index in [4.69, 9.17) is 23.2 Å². The lowest BCUT2D eigenvalue weighted by molar-refractivity contribution is 0.526. The number of hydrogen-bond acceptors (Lipinski definition) is 1. The lowest BCUT2D eigenvalue weighted by Gasteiger charge is -2.24. The van der Waals surface area contributed by atoms with Crippen molar-refractivity contribution in [3.63, 3.8) is 0 Å². The molecule has 0 aliphatic heterocycles. The van der Waals surface area contributed by atoms with Gasteiger partial charge in [-0.25, -0.2) is 0 Å². The Labute approximate surface area is 82.4 Å². The van der Waals surface area contributed by atoms with Crippen molar-refractivity contribution in [1.29, 1.82) is 0 Å². The molecule has 3 heteroatoms. The predicted molar refractivity (Wildman–Crippen MR) is 53.1 cm³/mol. The van der Waals surface area contributed by atoms with Crippen LogP contribution in [0.4, 0.5) is 0 Å². The predicted octanol–water partition coefficient (Wildman–Crippen LogP) is 3.09. The minimum Gasteiger partial charge on any atom is -0.288 e. The molecular weight excluding hydrogens is 195 g/mol. The Morgan fingerprint density at radius 3 is 2.00 bits per heavy atom. The van der Waals surface area contributed by atoms with Gasteiger partial charge in [-0.05, 0) is 20.3 Å². The fourth-order valence-corrected chi connectivity index (χ4v) is 2.04. The third-order valence-electron chi connectivity index (χ3n) is 2.20. The van der Waals surface area contributed by atoms with Gasteiger partial charge < -0.3 is 0 Å². The Kier molecular flexibility index (Phi) is 2.55. The maximum Gasteiger partial charge on any atom is 0.202 e. The van der Waals surface area contributed by atoms with Crippen LogP contribution < -0.4 is 5.43 Å². The number of alkyl halides is 1. The molecule has 1 rings (SSSR count). The molecule has 0 aliphatic carbocycles. The summed E-state index contributed by atoms with van der Waals surface area (Å²) < 4.78 is 0. The molecule has 0 bridgehead atoms. The van der Waals surface area contributed by atoms with Gasteiger partial charge in [0.15, 0.2) is 0 Å². The van der Waals surface area contributed by atoms with Gasteiger partial charge in [-0.3, -0.25) is 4.79 Å². The van der Waals surface area contributed by atoms with Crippen molar-refractivity contribution in [2.24, 2.45) is 0 Å². The molecule has 1 atom stereocenters. The molecule has 12 heavy (non-hydrogen) atoms. The zero-order chi connectivity index (χ0) is 9.52. The van der Waals surface area contributed by atoms with Crippen molar-refractivity contribution in [2.75, 3.05) is 0 Å². The van der Waals surface area contributed by atoms with E-state index in [1.54, 1.807) is 0 Å². The van der Waals surface area contributed by atoms with E-state index in [1.165, 1.54) is 0 Å². The number of hydrogen-bond donors (Lipinski definition) is 0. The van der Waals surface area contributed by atoms with Gasteiger partial charge in [0.25, 0.3) is 0 Å². The Morgan fingerprint density at radius 1 is 1.50 bits per heavy atom. The summed E-state index contributed by atoms with van der Waals surface area (Å²) in [6, 6.07) is 0. The highest BCUT2D eigenvalue weighted by Crippen LogP contribution is 2.40. The first-order valence-corrected chi connectivity index (χ1v) is 4.78. The fourth-order valence-electron chi connectivity index (χ4n) is 1.51. The standard InChI is InChI=1S/C9H12Cl2O/c1-4-5(9(2,3)11)6-7(10)8(6)12/h5H,4H2,1-3H3. The van der Waals surface area contributed by atoms with Crippen molar-refractivity contribution in [1.82, 2.24) is 0 Å². The lowest BCUT2D eigenvalue weighted by atomic mass is 9.90. The smallest absolute Gasteiger partial charge is 0.202 e. The molecule has 68 valence electrons. The van der Waals surface area contributed by atoms with Crippen LogP contribution >= 0.6 is 23.2 Å². The van der Waals surface area contributed by atoms with Crippen LogP contribution in [-0.2, 0) is 0 Å². The van der Waals surface area contributed by atoms with Gasteiger partial charge >= 0.3 is 0 Å². The van der Waals surface area contributed by atoms with E-state index in [0.717, 1.165) is 12.0 Å². The monoisotopic (exact) mass is 206 g/mol. The molecule has 0 saturated carbocycles. The topological polar surface area (TPSA) is 17.1 Å². The summed E-state index contributed by atoms with van der Waals surface area (Å²) in [5.74, 6) is 0.0965. The highest BCUT2D eigenvalue weighted by Gasteiger charge is 2.36. The summed E-state index contributed by atoms with van der Waals surface area (Å²) in [6.07, 6.45) is 0.855. The van der Waals surface area contributed by atoms with Gasteiger partial charge in [-0.1, -0.05) is 18.5 Å². The Balaban J connectivity index is 2.86. The second-order valence-electron chi connectivity index (χ2n) is 3.58. The summed E-state index contributed by atoms with van der Waals surface area (Å²) in [7, 11) is 0. The van der Waals surface area contributed by atoms with E-state index in [-0.39, 0.29) is 16.2 Å². The largest absolute Gasteiger partial charge is 0.288 e. The average molecular weight is 207 g/mol. The molecule has 1 unspecified atom stereocenters. The van der Waals surface area contributed by atoms with Crippen LogP contribution in [-0.4, -0.2) is 4.87 Å². The van der Waals surface area contributed by atoms with Crippen LogP contribution in [0.3, 0.4) is 0 Å². The summed E-state index contributed by atoms with van der Waals surface area (Å²) >= 11 is 11.8. The zero-order valence-electron chi connectivity index (χ0n) is 7.45. The van der Waals surface area contributed by atoms with Crippen LogP contribution in [0, 0.1) is 0 Å². The average Bonchev–Trinajstić information content (AvgIpc) is 2.44. The maximum absolute atomic E-state index is 11.0. The van der Waals surface area contributed by atoms with Crippen LogP contribution in [0.25, 0.3) is 0 Å². The first-order chi connectivity index (χ1) is 5.39. The third kappa shape index (κ3) is 1.67. The lowest BCUT2D eigenvalue weighted by Crippen LogP contribution is -2.21. The molecule has 0 fully saturated rings. The quantitative estimate of drug-likeness (QED) is 0.696. The van der Waals surface area contributed by atoms with Crippen molar-refractivity contribution in [2.45, 2.75) is 38.0 Å². The summed E-state index contributed by atoms with van der Waals surface area (Å²) in [6.45, 7) is 5.83. The van der Waals surface area contributed by atoms with Crippen molar-refractivity contribution < 1.29 is 0 Å². The first-order valence-electron chi connectivity index (χ1n) is 4.02. The van der Waals surface area contributed by atoms with Gasteiger partial charge in [0.2, 0.25) is 5.43 Å². The van der Waals surface area contributed by atoms with E-state index >= 15 is 0 Å². The van der Waals surface area contributed by atoms with Gasteiger partial charge in [0.1, 0.15) is 0 Å². The van der Waals surface area contributed by atoms with E-state index < -0.39 is 0 Å². The van der Waals surface area contributed by atoms with Crippen molar-refractivity contribution >= 4 is 23.2 Å². The molecular formula is C9H12Cl2O. The maximum atomic E-state index is 11.0. The minimum atomic E-state index is -0.379. The Morgan fingerprint density at radius 2 is 1.92 bits per heavy atom. The van der Waals surface area contributed by atoms with E-state index in [2.05, 4.69) is 0 Å². The SMILES string of the molecule is CCC(c1c(Cl)c1=O)C(C)(C)Cl. The van der Waals surface area contributed by atoms with Crippen LogP contribution in [0.1, 0.15) is 38.7 Å². The highest BCUT2D eigenvalue weighted by molar-refractivity contribution is 6.34. The zero-order valence-corrected chi connectivity index (χ0v) is 8.96. The summed E-state index contributed by atoms with van der Waals surface area (Å²) in [5.41, 5.74) is 0.733. The molecule has 0 N–H and O–H groups in total. The summed E-state index contributed by atoms with van der Waals surface area (Å²) in [4.78, 5) is 10.6. The molecule has 0 aromatic heterocycles.